The Morgan fingerprint density at radius 1 is 1.53 bits per heavy atom. The summed E-state index contributed by atoms with van der Waals surface area (Å²) in [6.07, 6.45) is 3.37. The van der Waals surface area contributed by atoms with E-state index in [1.165, 1.54) is 4.88 Å². The fourth-order valence-corrected chi connectivity index (χ4v) is 1.66. The van der Waals surface area contributed by atoms with E-state index in [4.69, 9.17) is 0 Å². The zero-order valence-electron chi connectivity index (χ0n) is 8.95. The van der Waals surface area contributed by atoms with Crippen LogP contribution in [-0.2, 0) is 11.3 Å². The third-order valence-corrected chi connectivity index (χ3v) is 2.66. The summed E-state index contributed by atoms with van der Waals surface area (Å²) in [7, 11) is 0. The molecule has 5 heteroatoms. The standard InChI is InChI=1S/C10H17N3OS/c1-2-4-13-10(14)3-5-11-6-9-7-12-8-15-9/h7-8,11H,2-6H2,1H3,(H,13,14). The van der Waals surface area contributed by atoms with Crippen LogP contribution >= 0.6 is 11.3 Å². The molecule has 1 amide bonds. The monoisotopic (exact) mass is 227 g/mol. The van der Waals surface area contributed by atoms with Crippen molar-refractivity contribution in [3.05, 3.63) is 16.6 Å². The van der Waals surface area contributed by atoms with E-state index in [0.29, 0.717) is 13.0 Å². The molecule has 0 aliphatic carbocycles. The lowest BCUT2D eigenvalue weighted by Crippen LogP contribution is -2.27. The minimum absolute atomic E-state index is 0.119. The molecule has 0 fully saturated rings. The molecule has 0 aromatic carbocycles. The average molecular weight is 227 g/mol. The van der Waals surface area contributed by atoms with Crippen LogP contribution in [0.25, 0.3) is 0 Å². The van der Waals surface area contributed by atoms with Gasteiger partial charge in [-0.1, -0.05) is 6.92 Å². The van der Waals surface area contributed by atoms with Crippen molar-refractivity contribution in [2.24, 2.45) is 0 Å². The molecule has 1 aromatic heterocycles. The smallest absolute Gasteiger partial charge is 0.221 e. The number of rotatable bonds is 7. The molecule has 15 heavy (non-hydrogen) atoms. The van der Waals surface area contributed by atoms with Crippen LogP contribution in [0, 0.1) is 0 Å². The number of hydrogen-bond acceptors (Lipinski definition) is 4. The molecule has 1 rings (SSSR count). The molecule has 0 spiro atoms. The van der Waals surface area contributed by atoms with Gasteiger partial charge in [0, 0.05) is 37.1 Å². The van der Waals surface area contributed by atoms with Gasteiger partial charge in [0.2, 0.25) is 5.91 Å². The highest BCUT2D eigenvalue weighted by Gasteiger charge is 1.99. The van der Waals surface area contributed by atoms with Gasteiger partial charge in [0.15, 0.2) is 0 Å². The number of amides is 1. The highest BCUT2D eigenvalue weighted by molar-refractivity contribution is 7.09. The van der Waals surface area contributed by atoms with Crippen molar-refractivity contribution in [1.82, 2.24) is 15.6 Å². The lowest BCUT2D eigenvalue weighted by atomic mass is 10.3. The summed E-state index contributed by atoms with van der Waals surface area (Å²) < 4.78 is 0. The Hall–Kier alpha value is -0.940. The highest BCUT2D eigenvalue weighted by Crippen LogP contribution is 2.03. The topological polar surface area (TPSA) is 54.0 Å². The van der Waals surface area contributed by atoms with Crippen molar-refractivity contribution in [2.45, 2.75) is 26.3 Å². The second-order valence-corrected chi connectivity index (χ2v) is 4.22. The Morgan fingerprint density at radius 3 is 3.07 bits per heavy atom. The molecule has 0 saturated carbocycles. The van der Waals surface area contributed by atoms with Gasteiger partial charge in [-0.3, -0.25) is 9.78 Å². The predicted octanol–water partition coefficient (Wildman–Crippen LogP) is 1.15. The first-order valence-electron chi connectivity index (χ1n) is 5.17. The van der Waals surface area contributed by atoms with Crippen molar-refractivity contribution in [3.63, 3.8) is 0 Å². The summed E-state index contributed by atoms with van der Waals surface area (Å²) in [4.78, 5) is 16.4. The SMILES string of the molecule is CCCNC(=O)CCNCc1cncs1. The van der Waals surface area contributed by atoms with Crippen LogP contribution < -0.4 is 10.6 Å². The number of carbonyl (C=O) groups is 1. The number of nitrogens with zero attached hydrogens (tertiary/aromatic N) is 1. The maximum atomic E-state index is 11.2. The molecular weight excluding hydrogens is 210 g/mol. The van der Waals surface area contributed by atoms with Gasteiger partial charge < -0.3 is 10.6 Å². The fraction of sp³-hybridized carbons (Fsp3) is 0.600. The van der Waals surface area contributed by atoms with E-state index in [9.17, 15) is 4.79 Å². The minimum Gasteiger partial charge on any atom is -0.356 e. The van der Waals surface area contributed by atoms with Crippen LogP contribution in [0.4, 0.5) is 0 Å². The lowest BCUT2D eigenvalue weighted by Gasteiger charge is -2.04. The van der Waals surface area contributed by atoms with Crippen LogP contribution in [0.3, 0.4) is 0 Å². The summed E-state index contributed by atoms with van der Waals surface area (Å²) in [5.41, 5.74) is 1.81. The molecular formula is C10H17N3OS. The number of aromatic nitrogens is 1. The Morgan fingerprint density at radius 2 is 2.40 bits per heavy atom. The van der Waals surface area contributed by atoms with Crippen molar-refractivity contribution in [3.8, 4) is 0 Å². The van der Waals surface area contributed by atoms with Crippen LogP contribution in [0.5, 0.6) is 0 Å². The van der Waals surface area contributed by atoms with Gasteiger partial charge in [0.05, 0.1) is 5.51 Å². The van der Waals surface area contributed by atoms with Gasteiger partial charge >= 0.3 is 0 Å². The van der Waals surface area contributed by atoms with E-state index in [1.54, 1.807) is 11.3 Å². The Balaban J connectivity index is 1.99. The number of nitrogens with one attached hydrogen (secondary N) is 2. The first kappa shape index (κ1) is 12.1. The van der Waals surface area contributed by atoms with E-state index in [-0.39, 0.29) is 5.91 Å². The van der Waals surface area contributed by atoms with E-state index >= 15 is 0 Å². The molecule has 2 N–H and O–H groups in total. The van der Waals surface area contributed by atoms with Gasteiger partial charge in [0.25, 0.3) is 0 Å². The first-order chi connectivity index (χ1) is 7.33. The Kier molecular flexibility index (Phi) is 5.96. The zero-order chi connectivity index (χ0) is 10.9. The summed E-state index contributed by atoms with van der Waals surface area (Å²) in [5, 5.41) is 6.04. The number of thiazole rings is 1. The van der Waals surface area contributed by atoms with Gasteiger partial charge in [-0.05, 0) is 6.42 Å². The summed E-state index contributed by atoms with van der Waals surface area (Å²) in [5.74, 6) is 0.119. The number of carbonyl (C=O) groups excluding carboxylic acids is 1. The van der Waals surface area contributed by atoms with Crippen LogP contribution in [0.15, 0.2) is 11.7 Å². The van der Waals surface area contributed by atoms with Gasteiger partial charge in [-0.2, -0.15) is 0 Å². The molecule has 0 atom stereocenters. The molecule has 1 aromatic rings. The molecule has 4 nitrogen and oxygen atoms in total. The normalized spacial score (nSPS) is 10.2. The van der Waals surface area contributed by atoms with E-state index in [0.717, 1.165) is 19.5 Å². The van der Waals surface area contributed by atoms with Gasteiger partial charge in [-0.15, -0.1) is 11.3 Å². The van der Waals surface area contributed by atoms with E-state index < -0.39 is 0 Å². The molecule has 0 aliphatic rings. The van der Waals surface area contributed by atoms with E-state index in [2.05, 4.69) is 15.6 Å². The Bertz CT molecular complexity index is 274. The van der Waals surface area contributed by atoms with Crippen molar-refractivity contribution in [2.75, 3.05) is 13.1 Å². The fourth-order valence-electron chi connectivity index (χ4n) is 1.10. The van der Waals surface area contributed by atoms with Crippen LogP contribution in [0.2, 0.25) is 0 Å². The van der Waals surface area contributed by atoms with Crippen LogP contribution in [0.1, 0.15) is 24.6 Å². The molecule has 84 valence electrons. The average Bonchev–Trinajstić information content (AvgIpc) is 2.74. The summed E-state index contributed by atoms with van der Waals surface area (Å²) >= 11 is 1.62. The molecule has 0 unspecified atom stereocenters. The third kappa shape index (κ3) is 5.49. The minimum atomic E-state index is 0.119. The molecule has 1 heterocycles. The second kappa shape index (κ2) is 7.36. The van der Waals surface area contributed by atoms with Crippen molar-refractivity contribution >= 4 is 17.2 Å². The molecule has 0 saturated heterocycles. The molecule has 0 radical (unpaired) electrons. The van der Waals surface area contributed by atoms with Crippen molar-refractivity contribution in [1.29, 1.82) is 0 Å². The third-order valence-electron chi connectivity index (χ3n) is 1.88. The first-order valence-corrected chi connectivity index (χ1v) is 6.05. The number of hydrogen-bond donors (Lipinski definition) is 2. The second-order valence-electron chi connectivity index (χ2n) is 3.24. The predicted molar refractivity (Wildman–Crippen MR) is 61.7 cm³/mol. The maximum absolute atomic E-state index is 11.2. The van der Waals surface area contributed by atoms with Gasteiger partial charge in [0.1, 0.15) is 0 Å². The van der Waals surface area contributed by atoms with E-state index in [1.807, 2.05) is 18.6 Å². The molecule has 0 aliphatic heterocycles. The lowest BCUT2D eigenvalue weighted by molar-refractivity contribution is -0.120. The quantitative estimate of drug-likeness (QED) is 0.687. The largest absolute Gasteiger partial charge is 0.356 e. The molecule has 0 bridgehead atoms. The summed E-state index contributed by atoms with van der Waals surface area (Å²) in [6, 6.07) is 0. The highest BCUT2D eigenvalue weighted by atomic mass is 32.1. The Labute approximate surface area is 94.1 Å². The van der Waals surface area contributed by atoms with Crippen molar-refractivity contribution < 1.29 is 4.79 Å². The van der Waals surface area contributed by atoms with Crippen LogP contribution in [-0.4, -0.2) is 24.0 Å². The summed E-state index contributed by atoms with van der Waals surface area (Å²) in [6.45, 7) is 4.33. The van der Waals surface area contributed by atoms with Gasteiger partial charge in [-0.25, -0.2) is 0 Å². The zero-order valence-corrected chi connectivity index (χ0v) is 9.77. The maximum Gasteiger partial charge on any atom is 0.221 e.